The molecular formula is C17H11N5O2S2. The monoisotopic (exact) mass is 381 g/mol. The highest BCUT2D eigenvalue weighted by Crippen LogP contribution is 2.27. The highest BCUT2D eigenvalue weighted by atomic mass is 32.1. The number of benzene rings is 2. The topological polar surface area (TPSA) is 89.9 Å². The van der Waals surface area contributed by atoms with E-state index in [0.717, 1.165) is 34.4 Å². The van der Waals surface area contributed by atoms with Gasteiger partial charge in [0.1, 0.15) is 16.4 Å². The number of rotatable bonds is 5. The van der Waals surface area contributed by atoms with Crippen molar-refractivity contribution in [2.45, 2.75) is 0 Å². The molecule has 0 radical (unpaired) electrons. The SMILES string of the molecule is O=C(Nc1nc(-c2cccc(Oc3ccccc3)c2)ns1)c1cnns1. The van der Waals surface area contributed by atoms with Crippen LogP contribution in [0.1, 0.15) is 9.67 Å². The van der Waals surface area contributed by atoms with Gasteiger partial charge in [0.15, 0.2) is 5.82 Å². The fourth-order valence-corrected chi connectivity index (χ4v) is 3.14. The minimum atomic E-state index is -0.302. The third-order valence-electron chi connectivity index (χ3n) is 3.30. The van der Waals surface area contributed by atoms with E-state index in [4.69, 9.17) is 4.74 Å². The van der Waals surface area contributed by atoms with Gasteiger partial charge in [-0.25, -0.2) is 0 Å². The van der Waals surface area contributed by atoms with Gasteiger partial charge in [-0.1, -0.05) is 34.8 Å². The van der Waals surface area contributed by atoms with Crippen LogP contribution in [0.15, 0.2) is 60.8 Å². The number of nitrogens with one attached hydrogen (secondary N) is 1. The summed E-state index contributed by atoms with van der Waals surface area (Å²) in [6.45, 7) is 0. The zero-order valence-corrected chi connectivity index (χ0v) is 14.8. The van der Waals surface area contributed by atoms with Crippen LogP contribution in [0.4, 0.5) is 5.13 Å². The standard InChI is InChI=1S/C17H11N5O2S2/c23-16(14-10-18-22-25-14)20-17-19-15(21-26-17)11-5-4-8-13(9-11)24-12-6-2-1-3-7-12/h1-10H,(H,19,20,21,23). The molecule has 4 rings (SSSR count). The van der Waals surface area contributed by atoms with Gasteiger partial charge < -0.3 is 4.74 Å². The van der Waals surface area contributed by atoms with Crippen LogP contribution >= 0.6 is 23.1 Å². The number of anilines is 1. The largest absolute Gasteiger partial charge is 0.457 e. The maximum atomic E-state index is 12.0. The first-order chi connectivity index (χ1) is 12.8. The van der Waals surface area contributed by atoms with Crippen LogP contribution in [0.5, 0.6) is 11.5 Å². The molecule has 128 valence electrons. The molecule has 0 unspecified atom stereocenters. The van der Waals surface area contributed by atoms with Crippen molar-refractivity contribution in [2.75, 3.05) is 5.32 Å². The molecule has 1 N–H and O–H groups in total. The third-order valence-corrected chi connectivity index (χ3v) is 4.60. The van der Waals surface area contributed by atoms with Crippen LogP contribution in [0.2, 0.25) is 0 Å². The molecule has 0 bridgehead atoms. The summed E-state index contributed by atoms with van der Waals surface area (Å²) in [5.74, 6) is 1.65. The second kappa shape index (κ2) is 7.38. The van der Waals surface area contributed by atoms with Crippen LogP contribution in [0.3, 0.4) is 0 Å². The van der Waals surface area contributed by atoms with E-state index >= 15 is 0 Å². The summed E-state index contributed by atoms with van der Waals surface area (Å²) in [5.41, 5.74) is 0.801. The Bertz CT molecular complexity index is 1020. The minimum absolute atomic E-state index is 0.302. The van der Waals surface area contributed by atoms with E-state index in [-0.39, 0.29) is 5.91 Å². The highest BCUT2D eigenvalue weighted by Gasteiger charge is 2.13. The second-order valence-electron chi connectivity index (χ2n) is 5.10. The van der Waals surface area contributed by atoms with Crippen molar-refractivity contribution < 1.29 is 9.53 Å². The zero-order chi connectivity index (χ0) is 17.8. The number of carbonyl (C=O) groups is 1. The van der Waals surface area contributed by atoms with E-state index in [1.54, 1.807) is 0 Å². The minimum Gasteiger partial charge on any atom is -0.457 e. The molecule has 7 nitrogen and oxygen atoms in total. The Balaban J connectivity index is 1.50. The molecule has 0 saturated heterocycles. The van der Waals surface area contributed by atoms with E-state index in [0.29, 0.717) is 21.6 Å². The number of carbonyl (C=O) groups excluding carboxylic acids is 1. The summed E-state index contributed by atoms with van der Waals surface area (Å²) in [6, 6.07) is 17.0. The van der Waals surface area contributed by atoms with Crippen LogP contribution in [0, 0.1) is 0 Å². The number of ether oxygens (including phenoxy) is 1. The van der Waals surface area contributed by atoms with E-state index in [1.807, 2.05) is 54.6 Å². The lowest BCUT2D eigenvalue weighted by atomic mass is 10.2. The highest BCUT2D eigenvalue weighted by molar-refractivity contribution is 7.10. The Morgan fingerprint density at radius 1 is 1.00 bits per heavy atom. The van der Waals surface area contributed by atoms with E-state index in [9.17, 15) is 4.79 Å². The summed E-state index contributed by atoms with van der Waals surface area (Å²) < 4.78 is 13.8. The summed E-state index contributed by atoms with van der Waals surface area (Å²) in [7, 11) is 0. The number of para-hydroxylation sites is 1. The van der Waals surface area contributed by atoms with Gasteiger partial charge in [0.25, 0.3) is 5.91 Å². The van der Waals surface area contributed by atoms with Gasteiger partial charge in [0.05, 0.1) is 6.20 Å². The Morgan fingerprint density at radius 2 is 1.85 bits per heavy atom. The molecule has 0 aliphatic heterocycles. The Labute approximate surface area is 156 Å². The van der Waals surface area contributed by atoms with Crippen LogP contribution < -0.4 is 10.1 Å². The predicted molar refractivity (Wildman–Crippen MR) is 99.7 cm³/mol. The molecule has 2 heterocycles. The van der Waals surface area contributed by atoms with Crippen LogP contribution in [-0.2, 0) is 0 Å². The maximum Gasteiger partial charge on any atom is 0.270 e. The number of nitrogens with zero attached hydrogens (tertiary/aromatic N) is 4. The Kier molecular flexibility index (Phi) is 4.63. The van der Waals surface area contributed by atoms with Crippen LogP contribution in [-0.4, -0.2) is 24.9 Å². The molecule has 0 aliphatic rings. The normalized spacial score (nSPS) is 10.5. The summed E-state index contributed by atoms with van der Waals surface area (Å²) in [6.07, 6.45) is 1.41. The maximum absolute atomic E-state index is 12.0. The van der Waals surface area contributed by atoms with Gasteiger partial charge in [-0.15, -0.1) is 5.10 Å². The molecule has 0 saturated carbocycles. The van der Waals surface area contributed by atoms with Crippen molar-refractivity contribution in [3.63, 3.8) is 0 Å². The fourth-order valence-electron chi connectivity index (χ4n) is 2.14. The van der Waals surface area contributed by atoms with Gasteiger partial charge in [0, 0.05) is 17.1 Å². The molecule has 0 spiro atoms. The summed E-state index contributed by atoms with van der Waals surface area (Å²) in [4.78, 5) is 16.8. The molecule has 0 aliphatic carbocycles. The lowest BCUT2D eigenvalue weighted by molar-refractivity contribution is 0.103. The summed E-state index contributed by atoms with van der Waals surface area (Å²) >= 11 is 2.13. The van der Waals surface area contributed by atoms with Crippen molar-refractivity contribution in [1.29, 1.82) is 0 Å². The number of hydrogen-bond acceptors (Lipinski definition) is 8. The molecule has 2 aromatic carbocycles. The quantitative estimate of drug-likeness (QED) is 0.560. The lowest BCUT2D eigenvalue weighted by Gasteiger charge is -2.06. The predicted octanol–water partition coefficient (Wildman–Crippen LogP) is 4.10. The average Bonchev–Trinajstić information content (AvgIpc) is 3.35. The van der Waals surface area contributed by atoms with E-state index in [2.05, 4.69) is 24.3 Å². The first-order valence-electron chi connectivity index (χ1n) is 7.54. The van der Waals surface area contributed by atoms with Crippen molar-refractivity contribution in [1.82, 2.24) is 18.9 Å². The van der Waals surface area contributed by atoms with Gasteiger partial charge in [-0.2, -0.15) is 9.36 Å². The second-order valence-corrected chi connectivity index (χ2v) is 6.64. The smallest absolute Gasteiger partial charge is 0.270 e. The van der Waals surface area contributed by atoms with E-state index < -0.39 is 0 Å². The Morgan fingerprint density at radius 3 is 2.65 bits per heavy atom. The van der Waals surface area contributed by atoms with Gasteiger partial charge in [0.2, 0.25) is 5.13 Å². The van der Waals surface area contributed by atoms with Crippen molar-refractivity contribution in [3.05, 3.63) is 65.7 Å². The fraction of sp³-hybridized carbons (Fsp3) is 0. The lowest BCUT2D eigenvalue weighted by Crippen LogP contribution is -2.09. The Hall–Kier alpha value is -3.17. The zero-order valence-electron chi connectivity index (χ0n) is 13.2. The average molecular weight is 381 g/mol. The van der Waals surface area contributed by atoms with Gasteiger partial charge in [-0.3, -0.25) is 10.1 Å². The molecular weight excluding hydrogens is 370 g/mol. The van der Waals surface area contributed by atoms with Gasteiger partial charge in [-0.05, 0) is 35.8 Å². The molecule has 1 amide bonds. The van der Waals surface area contributed by atoms with Crippen LogP contribution in [0.25, 0.3) is 11.4 Å². The summed E-state index contributed by atoms with van der Waals surface area (Å²) in [5, 5.41) is 6.75. The first-order valence-corrected chi connectivity index (χ1v) is 9.08. The first kappa shape index (κ1) is 16.3. The molecule has 0 atom stereocenters. The third kappa shape index (κ3) is 3.73. The van der Waals surface area contributed by atoms with Crippen molar-refractivity contribution in [3.8, 4) is 22.9 Å². The molecule has 26 heavy (non-hydrogen) atoms. The number of aromatic nitrogens is 4. The number of amides is 1. The molecule has 0 fully saturated rings. The molecule has 4 aromatic rings. The molecule has 2 aromatic heterocycles. The van der Waals surface area contributed by atoms with Crippen molar-refractivity contribution >= 4 is 34.1 Å². The van der Waals surface area contributed by atoms with Gasteiger partial charge >= 0.3 is 0 Å². The van der Waals surface area contributed by atoms with E-state index in [1.165, 1.54) is 6.20 Å². The number of hydrogen-bond donors (Lipinski definition) is 1. The molecule has 9 heteroatoms. The van der Waals surface area contributed by atoms with Crippen molar-refractivity contribution in [2.24, 2.45) is 0 Å².